The first kappa shape index (κ1) is 12.1. The summed E-state index contributed by atoms with van der Waals surface area (Å²) < 4.78 is 2.22. The lowest BCUT2D eigenvalue weighted by Crippen LogP contribution is -1.98. The largest absolute Gasteiger partial charge is 0.381 e. The highest BCUT2D eigenvalue weighted by molar-refractivity contribution is 6.30. The summed E-state index contributed by atoms with van der Waals surface area (Å²) in [5, 5.41) is 4.14. The van der Waals surface area contributed by atoms with Crippen LogP contribution in [0.2, 0.25) is 5.02 Å². The number of nitrogens with one attached hydrogen (secondary N) is 1. The van der Waals surface area contributed by atoms with Crippen LogP contribution < -0.4 is 5.32 Å². The molecule has 0 bridgehead atoms. The molecule has 0 aliphatic rings. The second-order valence-electron chi connectivity index (χ2n) is 4.12. The molecule has 1 aromatic carbocycles. The summed E-state index contributed by atoms with van der Waals surface area (Å²) in [6, 6.07) is 9.92. The predicted octanol–water partition coefficient (Wildman–Crippen LogP) is 4.16. The predicted molar refractivity (Wildman–Crippen MR) is 73.5 cm³/mol. The Balaban J connectivity index is 1.90. The molecule has 90 valence electrons. The van der Waals surface area contributed by atoms with Gasteiger partial charge in [0.1, 0.15) is 0 Å². The Bertz CT molecular complexity index is 459. The maximum atomic E-state index is 5.84. The van der Waals surface area contributed by atoms with Gasteiger partial charge in [0.15, 0.2) is 0 Å². The average Bonchev–Trinajstić information content (AvgIpc) is 2.77. The van der Waals surface area contributed by atoms with Gasteiger partial charge in [0.2, 0.25) is 0 Å². The van der Waals surface area contributed by atoms with Gasteiger partial charge < -0.3 is 9.88 Å². The fraction of sp³-hybridized carbons (Fsp3) is 0.286. The highest BCUT2D eigenvalue weighted by Crippen LogP contribution is 2.14. The van der Waals surface area contributed by atoms with E-state index in [1.165, 1.54) is 12.0 Å². The molecule has 1 aromatic heterocycles. The third-order valence-electron chi connectivity index (χ3n) is 2.63. The van der Waals surface area contributed by atoms with Crippen molar-refractivity contribution in [3.8, 4) is 0 Å². The number of anilines is 1. The number of benzene rings is 1. The van der Waals surface area contributed by atoms with E-state index >= 15 is 0 Å². The molecule has 0 aliphatic heterocycles. The first-order valence-electron chi connectivity index (χ1n) is 5.92. The molecule has 0 atom stereocenters. The normalized spacial score (nSPS) is 10.5. The quantitative estimate of drug-likeness (QED) is 0.841. The minimum absolute atomic E-state index is 0.768. The molecule has 0 fully saturated rings. The van der Waals surface area contributed by atoms with Crippen LogP contribution in [0, 0.1) is 0 Å². The highest BCUT2D eigenvalue weighted by atomic mass is 35.5. The number of hydrogen-bond donors (Lipinski definition) is 1. The van der Waals surface area contributed by atoms with Crippen LogP contribution in [0.3, 0.4) is 0 Å². The van der Waals surface area contributed by atoms with Crippen LogP contribution in [-0.2, 0) is 13.1 Å². The first-order valence-corrected chi connectivity index (χ1v) is 6.30. The molecule has 3 heteroatoms. The molecule has 2 aromatic rings. The summed E-state index contributed by atoms with van der Waals surface area (Å²) in [6.45, 7) is 4.12. The molecule has 0 radical (unpaired) electrons. The minimum Gasteiger partial charge on any atom is -0.381 e. The van der Waals surface area contributed by atoms with Crippen molar-refractivity contribution in [1.29, 1.82) is 0 Å². The lowest BCUT2D eigenvalue weighted by Gasteiger charge is -2.04. The first-order chi connectivity index (χ1) is 8.28. The van der Waals surface area contributed by atoms with E-state index < -0.39 is 0 Å². The summed E-state index contributed by atoms with van der Waals surface area (Å²) >= 11 is 5.84. The molecule has 0 aliphatic carbocycles. The number of halogens is 1. The van der Waals surface area contributed by atoms with Gasteiger partial charge >= 0.3 is 0 Å². The zero-order chi connectivity index (χ0) is 12.1. The smallest absolute Gasteiger partial charge is 0.0415 e. The SMILES string of the molecule is CCCn1ccc(CNc2ccc(Cl)cc2)c1. The molecule has 0 unspecified atom stereocenters. The van der Waals surface area contributed by atoms with E-state index in [-0.39, 0.29) is 0 Å². The van der Waals surface area contributed by atoms with Crippen LogP contribution in [0.25, 0.3) is 0 Å². The van der Waals surface area contributed by atoms with Crippen molar-refractivity contribution < 1.29 is 0 Å². The van der Waals surface area contributed by atoms with Crippen LogP contribution in [0.15, 0.2) is 42.7 Å². The third-order valence-corrected chi connectivity index (χ3v) is 2.89. The molecule has 1 heterocycles. The zero-order valence-electron chi connectivity index (χ0n) is 9.99. The second-order valence-corrected chi connectivity index (χ2v) is 4.55. The number of hydrogen-bond acceptors (Lipinski definition) is 1. The fourth-order valence-electron chi connectivity index (χ4n) is 1.76. The van der Waals surface area contributed by atoms with Gasteiger partial charge in [-0.2, -0.15) is 0 Å². The van der Waals surface area contributed by atoms with E-state index in [1.54, 1.807) is 0 Å². The Morgan fingerprint density at radius 1 is 1.18 bits per heavy atom. The summed E-state index contributed by atoms with van der Waals surface area (Å²) in [5.74, 6) is 0. The maximum absolute atomic E-state index is 5.84. The van der Waals surface area contributed by atoms with E-state index in [4.69, 9.17) is 11.6 Å². The Morgan fingerprint density at radius 2 is 1.94 bits per heavy atom. The second kappa shape index (κ2) is 5.78. The molecule has 17 heavy (non-hydrogen) atoms. The Kier molecular flexibility index (Phi) is 4.10. The van der Waals surface area contributed by atoms with Gasteiger partial charge in [-0.25, -0.2) is 0 Å². The Labute approximate surface area is 107 Å². The van der Waals surface area contributed by atoms with Crippen LogP contribution in [-0.4, -0.2) is 4.57 Å². The van der Waals surface area contributed by atoms with Crippen LogP contribution in [0.4, 0.5) is 5.69 Å². The van der Waals surface area contributed by atoms with Crippen molar-refractivity contribution in [3.63, 3.8) is 0 Å². The van der Waals surface area contributed by atoms with Crippen LogP contribution >= 0.6 is 11.6 Å². The van der Waals surface area contributed by atoms with Gasteiger partial charge in [0.05, 0.1) is 0 Å². The van der Waals surface area contributed by atoms with Gasteiger partial charge in [0, 0.05) is 36.2 Å². The summed E-state index contributed by atoms with van der Waals surface area (Å²) in [6.07, 6.45) is 5.48. The van der Waals surface area contributed by atoms with E-state index in [0.717, 1.165) is 23.8 Å². The van der Waals surface area contributed by atoms with Crippen molar-refractivity contribution >= 4 is 17.3 Å². The minimum atomic E-state index is 0.768. The molecule has 1 N–H and O–H groups in total. The van der Waals surface area contributed by atoms with Gasteiger partial charge in [-0.05, 0) is 42.3 Å². The van der Waals surface area contributed by atoms with Gasteiger partial charge in [-0.3, -0.25) is 0 Å². The summed E-state index contributed by atoms with van der Waals surface area (Å²) in [5.41, 5.74) is 2.39. The van der Waals surface area contributed by atoms with Gasteiger partial charge in [-0.1, -0.05) is 18.5 Å². The van der Waals surface area contributed by atoms with Crippen molar-refractivity contribution in [1.82, 2.24) is 4.57 Å². The van der Waals surface area contributed by atoms with E-state index in [2.05, 4.69) is 35.3 Å². The van der Waals surface area contributed by atoms with Crippen LogP contribution in [0.1, 0.15) is 18.9 Å². The molecule has 0 spiro atoms. The van der Waals surface area contributed by atoms with E-state index in [1.807, 2.05) is 24.3 Å². The molecule has 0 amide bonds. The molecule has 0 saturated heterocycles. The molecule has 2 nitrogen and oxygen atoms in total. The fourth-order valence-corrected chi connectivity index (χ4v) is 1.89. The van der Waals surface area contributed by atoms with Gasteiger partial charge in [-0.15, -0.1) is 0 Å². The lowest BCUT2D eigenvalue weighted by molar-refractivity contribution is 0.682. The van der Waals surface area contributed by atoms with Gasteiger partial charge in [0.25, 0.3) is 0 Å². The Morgan fingerprint density at radius 3 is 2.65 bits per heavy atom. The van der Waals surface area contributed by atoms with Crippen LogP contribution in [0.5, 0.6) is 0 Å². The van der Waals surface area contributed by atoms with Crippen molar-refractivity contribution in [2.24, 2.45) is 0 Å². The number of aryl methyl sites for hydroxylation is 1. The lowest BCUT2D eigenvalue weighted by atomic mass is 10.3. The number of rotatable bonds is 5. The summed E-state index contributed by atoms with van der Waals surface area (Å²) in [7, 11) is 0. The number of aromatic nitrogens is 1. The van der Waals surface area contributed by atoms with E-state index in [9.17, 15) is 0 Å². The molecular weight excluding hydrogens is 232 g/mol. The monoisotopic (exact) mass is 248 g/mol. The zero-order valence-corrected chi connectivity index (χ0v) is 10.7. The van der Waals surface area contributed by atoms with Crippen molar-refractivity contribution in [2.45, 2.75) is 26.4 Å². The average molecular weight is 249 g/mol. The molecular formula is C14H17ClN2. The Hall–Kier alpha value is -1.41. The third kappa shape index (κ3) is 3.53. The van der Waals surface area contributed by atoms with E-state index in [0.29, 0.717) is 0 Å². The standard InChI is InChI=1S/C14H17ClN2/c1-2-8-17-9-7-12(11-17)10-16-14-5-3-13(15)4-6-14/h3-7,9,11,16H,2,8,10H2,1H3. The molecule has 2 rings (SSSR count). The number of nitrogens with zero attached hydrogens (tertiary/aromatic N) is 1. The highest BCUT2D eigenvalue weighted by Gasteiger charge is 1.97. The summed E-state index contributed by atoms with van der Waals surface area (Å²) in [4.78, 5) is 0. The maximum Gasteiger partial charge on any atom is 0.0415 e. The molecule has 0 saturated carbocycles. The van der Waals surface area contributed by atoms with Crippen molar-refractivity contribution in [2.75, 3.05) is 5.32 Å². The topological polar surface area (TPSA) is 17.0 Å². The van der Waals surface area contributed by atoms with Crippen molar-refractivity contribution in [3.05, 3.63) is 53.3 Å².